The number of pyridine rings is 1. The number of imidazole rings is 1. The van der Waals surface area contributed by atoms with Gasteiger partial charge in [0.05, 0.1) is 11.9 Å². The Kier molecular flexibility index (Phi) is 3.06. The van der Waals surface area contributed by atoms with Crippen LogP contribution in [0.5, 0.6) is 0 Å². The van der Waals surface area contributed by atoms with Gasteiger partial charge in [-0.1, -0.05) is 6.07 Å². The second-order valence-electron chi connectivity index (χ2n) is 3.81. The number of hydrogen-bond donors (Lipinski definition) is 1. The molecule has 3 aromatic heterocycles. The third-order valence-electron chi connectivity index (χ3n) is 2.56. The molecular formula is C13H12N4S. The molecule has 0 saturated heterocycles. The van der Waals surface area contributed by atoms with Crippen LogP contribution in [0.4, 0.5) is 5.69 Å². The van der Waals surface area contributed by atoms with Gasteiger partial charge in [0.25, 0.3) is 0 Å². The van der Waals surface area contributed by atoms with E-state index >= 15 is 0 Å². The molecule has 3 rings (SSSR count). The van der Waals surface area contributed by atoms with E-state index in [9.17, 15) is 0 Å². The van der Waals surface area contributed by atoms with Gasteiger partial charge in [0.2, 0.25) is 0 Å². The molecule has 18 heavy (non-hydrogen) atoms. The summed E-state index contributed by atoms with van der Waals surface area (Å²) in [6.45, 7) is 0.837. The van der Waals surface area contributed by atoms with E-state index in [1.54, 1.807) is 23.9 Å². The van der Waals surface area contributed by atoms with E-state index in [0.29, 0.717) is 0 Å². The first kappa shape index (κ1) is 11.0. The molecule has 0 bridgehead atoms. The summed E-state index contributed by atoms with van der Waals surface area (Å²) in [7, 11) is 0. The maximum atomic E-state index is 4.38. The van der Waals surface area contributed by atoms with Crippen LogP contribution in [-0.2, 0) is 6.54 Å². The summed E-state index contributed by atoms with van der Waals surface area (Å²) in [5.41, 5.74) is 1.02. The van der Waals surface area contributed by atoms with E-state index in [4.69, 9.17) is 0 Å². The third kappa shape index (κ3) is 2.41. The average molecular weight is 256 g/mol. The Labute approximate surface area is 109 Å². The van der Waals surface area contributed by atoms with Crippen LogP contribution in [0.15, 0.2) is 54.6 Å². The topological polar surface area (TPSA) is 42.7 Å². The molecule has 90 valence electrons. The summed E-state index contributed by atoms with van der Waals surface area (Å²) in [6, 6.07) is 8.17. The maximum absolute atomic E-state index is 4.38. The van der Waals surface area contributed by atoms with E-state index in [1.807, 2.05) is 29.1 Å². The number of rotatable bonds is 4. The van der Waals surface area contributed by atoms with Crippen molar-refractivity contribution in [1.82, 2.24) is 14.5 Å². The fraction of sp³-hybridized carbons (Fsp3) is 0.0769. The molecule has 0 atom stereocenters. The molecule has 0 saturated carbocycles. The minimum Gasteiger partial charge on any atom is -0.379 e. The highest BCUT2D eigenvalue weighted by molar-refractivity contribution is 7.09. The van der Waals surface area contributed by atoms with Gasteiger partial charge in [-0.2, -0.15) is 0 Å². The van der Waals surface area contributed by atoms with Gasteiger partial charge in [-0.05, 0) is 23.6 Å². The Balaban J connectivity index is 1.68. The van der Waals surface area contributed by atoms with Crippen LogP contribution in [0.3, 0.4) is 0 Å². The molecule has 0 spiro atoms. The second-order valence-corrected chi connectivity index (χ2v) is 4.84. The van der Waals surface area contributed by atoms with Crippen molar-refractivity contribution in [2.75, 3.05) is 5.32 Å². The monoisotopic (exact) mass is 256 g/mol. The van der Waals surface area contributed by atoms with E-state index < -0.39 is 0 Å². The average Bonchev–Trinajstić information content (AvgIpc) is 3.10. The molecule has 5 heteroatoms. The summed E-state index contributed by atoms with van der Waals surface area (Å²) in [4.78, 5) is 9.70. The molecule has 4 nitrogen and oxygen atoms in total. The second kappa shape index (κ2) is 5.01. The van der Waals surface area contributed by atoms with Crippen molar-refractivity contribution in [3.05, 3.63) is 59.4 Å². The van der Waals surface area contributed by atoms with Crippen molar-refractivity contribution in [3.8, 4) is 5.82 Å². The zero-order chi connectivity index (χ0) is 12.2. The van der Waals surface area contributed by atoms with Gasteiger partial charge in [-0.3, -0.25) is 4.57 Å². The van der Waals surface area contributed by atoms with E-state index in [-0.39, 0.29) is 0 Å². The summed E-state index contributed by atoms with van der Waals surface area (Å²) >= 11 is 1.75. The highest BCUT2D eigenvalue weighted by Crippen LogP contribution is 2.13. The van der Waals surface area contributed by atoms with Crippen molar-refractivity contribution < 1.29 is 0 Å². The van der Waals surface area contributed by atoms with Crippen LogP contribution >= 0.6 is 11.3 Å². The first-order valence-corrected chi connectivity index (χ1v) is 6.50. The largest absolute Gasteiger partial charge is 0.379 e. The van der Waals surface area contributed by atoms with Crippen molar-refractivity contribution >= 4 is 17.0 Å². The van der Waals surface area contributed by atoms with Gasteiger partial charge in [0.15, 0.2) is 0 Å². The maximum Gasteiger partial charge on any atom is 0.137 e. The van der Waals surface area contributed by atoms with Gasteiger partial charge >= 0.3 is 0 Å². The van der Waals surface area contributed by atoms with Crippen LogP contribution < -0.4 is 5.32 Å². The molecule has 0 amide bonds. The minimum absolute atomic E-state index is 0.837. The van der Waals surface area contributed by atoms with Gasteiger partial charge < -0.3 is 5.32 Å². The summed E-state index contributed by atoms with van der Waals surface area (Å²) < 4.78 is 1.88. The first-order valence-electron chi connectivity index (χ1n) is 5.62. The zero-order valence-corrected chi connectivity index (χ0v) is 10.5. The summed E-state index contributed by atoms with van der Waals surface area (Å²) in [5.74, 6) is 0.870. The Morgan fingerprint density at radius 3 is 2.94 bits per heavy atom. The molecular weight excluding hydrogens is 244 g/mol. The van der Waals surface area contributed by atoms with Crippen LogP contribution in [-0.4, -0.2) is 14.5 Å². The zero-order valence-electron chi connectivity index (χ0n) is 9.65. The van der Waals surface area contributed by atoms with Crippen LogP contribution in [0.1, 0.15) is 4.88 Å². The lowest BCUT2D eigenvalue weighted by atomic mass is 10.4. The van der Waals surface area contributed by atoms with Crippen LogP contribution in [0.25, 0.3) is 5.82 Å². The third-order valence-corrected chi connectivity index (χ3v) is 3.44. The number of hydrogen-bond acceptors (Lipinski definition) is 4. The normalized spacial score (nSPS) is 10.4. The molecule has 1 N–H and O–H groups in total. The molecule has 3 aromatic rings. The number of aromatic nitrogens is 3. The molecule has 3 heterocycles. The molecule has 0 unspecified atom stereocenters. The minimum atomic E-state index is 0.837. The van der Waals surface area contributed by atoms with Crippen molar-refractivity contribution in [1.29, 1.82) is 0 Å². The molecule has 0 radical (unpaired) electrons. The van der Waals surface area contributed by atoms with E-state index in [2.05, 4.69) is 32.8 Å². The molecule has 0 aliphatic heterocycles. The Morgan fingerprint density at radius 2 is 2.28 bits per heavy atom. The quantitative estimate of drug-likeness (QED) is 0.780. The molecule has 0 fully saturated rings. The number of nitrogens with zero attached hydrogens (tertiary/aromatic N) is 3. The number of thiophene rings is 1. The Morgan fingerprint density at radius 1 is 1.28 bits per heavy atom. The molecule has 0 aromatic carbocycles. The standard InChI is InChI=1S/C13H12N4S/c1-2-12(18-7-1)9-15-11-3-4-13(16-8-11)17-6-5-14-10-17/h1-8,10,15H,9H2. The smallest absolute Gasteiger partial charge is 0.137 e. The fourth-order valence-corrected chi connectivity index (χ4v) is 2.28. The predicted octanol–water partition coefficient (Wildman–Crippen LogP) is 2.94. The highest BCUT2D eigenvalue weighted by atomic mass is 32.1. The number of nitrogens with one attached hydrogen (secondary N) is 1. The van der Waals surface area contributed by atoms with Gasteiger partial charge in [-0.25, -0.2) is 9.97 Å². The van der Waals surface area contributed by atoms with Crippen molar-refractivity contribution in [2.45, 2.75) is 6.54 Å². The number of anilines is 1. The lowest BCUT2D eigenvalue weighted by Gasteiger charge is -2.06. The fourth-order valence-electron chi connectivity index (χ4n) is 1.64. The van der Waals surface area contributed by atoms with Gasteiger partial charge in [0, 0.05) is 23.8 Å². The SMILES string of the molecule is c1csc(CNc2ccc(-n3ccnc3)nc2)c1. The lowest BCUT2D eigenvalue weighted by Crippen LogP contribution is -1.99. The first-order chi connectivity index (χ1) is 8.92. The molecule has 0 aliphatic rings. The Hall–Kier alpha value is -2.14. The van der Waals surface area contributed by atoms with Crippen molar-refractivity contribution in [2.24, 2.45) is 0 Å². The summed E-state index contributed by atoms with van der Waals surface area (Å²) in [6.07, 6.45) is 7.19. The van der Waals surface area contributed by atoms with Crippen molar-refractivity contribution in [3.63, 3.8) is 0 Å². The predicted molar refractivity (Wildman–Crippen MR) is 73.0 cm³/mol. The van der Waals surface area contributed by atoms with Gasteiger partial charge in [-0.15, -0.1) is 11.3 Å². The summed E-state index contributed by atoms with van der Waals surface area (Å²) in [5, 5.41) is 5.42. The molecule has 0 aliphatic carbocycles. The van der Waals surface area contributed by atoms with E-state index in [1.165, 1.54) is 4.88 Å². The highest BCUT2D eigenvalue weighted by Gasteiger charge is 1.98. The van der Waals surface area contributed by atoms with Crippen LogP contribution in [0.2, 0.25) is 0 Å². The van der Waals surface area contributed by atoms with Gasteiger partial charge in [0.1, 0.15) is 12.1 Å². The Bertz CT molecular complexity index is 584. The van der Waals surface area contributed by atoms with E-state index in [0.717, 1.165) is 18.1 Å². The van der Waals surface area contributed by atoms with Crippen LogP contribution in [0, 0.1) is 0 Å². The lowest BCUT2D eigenvalue weighted by molar-refractivity contribution is 0.991.